The van der Waals surface area contributed by atoms with Crippen molar-refractivity contribution in [1.82, 2.24) is 10.6 Å². The fourth-order valence-electron chi connectivity index (χ4n) is 3.69. The first-order valence-corrected chi connectivity index (χ1v) is 9.20. The minimum absolute atomic E-state index is 0.0688. The molecule has 0 aromatic heterocycles. The van der Waals surface area contributed by atoms with Gasteiger partial charge in [0.15, 0.2) is 0 Å². The van der Waals surface area contributed by atoms with Gasteiger partial charge in [0.1, 0.15) is 11.9 Å². The molecule has 2 unspecified atom stereocenters. The number of hydrogen-bond acceptors (Lipinski definition) is 4. The Labute approximate surface area is 157 Å². The summed E-state index contributed by atoms with van der Waals surface area (Å²) in [4.78, 5) is 36.3. The van der Waals surface area contributed by atoms with Gasteiger partial charge < -0.3 is 15.4 Å². The van der Waals surface area contributed by atoms with E-state index in [0.717, 1.165) is 5.56 Å². The number of benzene rings is 1. The zero-order valence-corrected chi connectivity index (χ0v) is 15.5. The Morgan fingerprint density at radius 3 is 2.85 bits per heavy atom. The molecule has 1 aromatic rings. The SMILES string of the molecule is CCc1cc(N2CC(CNC(C)=O)OC2=O)cc(F)c1C1CCNC(=O)C1. The van der Waals surface area contributed by atoms with Gasteiger partial charge in [0.05, 0.1) is 18.8 Å². The van der Waals surface area contributed by atoms with Crippen LogP contribution in [0.5, 0.6) is 0 Å². The van der Waals surface area contributed by atoms with Gasteiger partial charge in [-0.05, 0) is 42.0 Å². The zero-order chi connectivity index (χ0) is 19.6. The Morgan fingerprint density at radius 2 is 2.19 bits per heavy atom. The van der Waals surface area contributed by atoms with E-state index in [2.05, 4.69) is 10.6 Å². The molecule has 2 N–H and O–H groups in total. The highest BCUT2D eigenvalue weighted by Gasteiger charge is 2.34. The summed E-state index contributed by atoms with van der Waals surface area (Å²) in [6.07, 6.45) is 0.525. The third-order valence-corrected chi connectivity index (χ3v) is 5.00. The van der Waals surface area contributed by atoms with E-state index in [4.69, 9.17) is 4.74 Å². The first-order chi connectivity index (χ1) is 12.9. The monoisotopic (exact) mass is 377 g/mol. The van der Waals surface area contributed by atoms with Gasteiger partial charge in [0.25, 0.3) is 0 Å². The summed E-state index contributed by atoms with van der Waals surface area (Å²) in [6, 6.07) is 3.13. The molecule has 2 aliphatic rings. The van der Waals surface area contributed by atoms with Gasteiger partial charge in [-0.3, -0.25) is 14.5 Å². The second kappa shape index (κ2) is 7.94. The molecule has 2 aliphatic heterocycles. The maximum absolute atomic E-state index is 15.0. The lowest BCUT2D eigenvalue weighted by molar-refractivity contribution is -0.122. The lowest BCUT2D eigenvalue weighted by Crippen LogP contribution is -2.34. The molecular formula is C19H24FN3O4. The predicted octanol–water partition coefficient (Wildman–Crippen LogP) is 1.84. The Kier molecular flexibility index (Phi) is 5.62. The highest BCUT2D eigenvalue weighted by atomic mass is 19.1. The molecule has 0 saturated carbocycles. The molecule has 2 atom stereocenters. The second-order valence-corrected chi connectivity index (χ2v) is 6.95. The molecule has 3 rings (SSSR count). The Bertz CT molecular complexity index is 768. The molecule has 0 spiro atoms. The van der Waals surface area contributed by atoms with E-state index in [1.165, 1.54) is 17.9 Å². The number of nitrogens with zero attached hydrogens (tertiary/aromatic N) is 1. The number of nitrogens with one attached hydrogen (secondary N) is 2. The largest absolute Gasteiger partial charge is 0.442 e. The molecule has 2 heterocycles. The first-order valence-electron chi connectivity index (χ1n) is 9.20. The van der Waals surface area contributed by atoms with Gasteiger partial charge in [-0.15, -0.1) is 0 Å². The third kappa shape index (κ3) is 4.20. The number of halogens is 1. The number of carbonyl (C=O) groups excluding carboxylic acids is 3. The number of carbonyl (C=O) groups is 3. The Morgan fingerprint density at radius 1 is 1.41 bits per heavy atom. The smallest absolute Gasteiger partial charge is 0.414 e. The summed E-state index contributed by atoms with van der Waals surface area (Å²) in [5.41, 5.74) is 1.80. The van der Waals surface area contributed by atoms with E-state index in [1.807, 2.05) is 6.92 Å². The number of rotatable bonds is 5. The number of hydrogen-bond donors (Lipinski definition) is 2. The van der Waals surface area contributed by atoms with Crippen LogP contribution in [-0.4, -0.2) is 43.6 Å². The number of ether oxygens (including phenoxy) is 1. The van der Waals surface area contributed by atoms with Crippen LogP contribution in [-0.2, 0) is 20.7 Å². The Balaban J connectivity index is 1.83. The van der Waals surface area contributed by atoms with Crippen LogP contribution >= 0.6 is 0 Å². The normalized spacial score (nSPS) is 22.4. The van der Waals surface area contributed by atoms with E-state index >= 15 is 0 Å². The number of piperidine rings is 1. The van der Waals surface area contributed by atoms with Crippen molar-refractivity contribution in [2.24, 2.45) is 0 Å². The van der Waals surface area contributed by atoms with E-state index in [0.29, 0.717) is 30.6 Å². The van der Waals surface area contributed by atoms with E-state index in [-0.39, 0.29) is 37.2 Å². The van der Waals surface area contributed by atoms with Crippen LogP contribution in [0.25, 0.3) is 0 Å². The Hall–Kier alpha value is -2.64. The van der Waals surface area contributed by atoms with Crippen LogP contribution in [0.2, 0.25) is 0 Å². The highest BCUT2D eigenvalue weighted by Crippen LogP contribution is 2.35. The molecule has 0 bridgehead atoms. The van der Waals surface area contributed by atoms with Gasteiger partial charge in [0, 0.05) is 19.9 Å². The van der Waals surface area contributed by atoms with Crippen molar-refractivity contribution in [1.29, 1.82) is 0 Å². The lowest BCUT2D eigenvalue weighted by Gasteiger charge is -2.26. The van der Waals surface area contributed by atoms with Crippen molar-refractivity contribution in [2.75, 3.05) is 24.5 Å². The van der Waals surface area contributed by atoms with Crippen molar-refractivity contribution < 1.29 is 23.5 Å². The van der Waals surface area contributed by atoms with Gasteiger partial charge in [-0.2, -0.15) is 0 Å². The lowest BCUT2D eigenvalue weighted by atomic mass is 9.85. The molecule has 146 valence electrons. The van der Waals surface area contributed by atoms with Crippen LogP contribution in [0.4, 0.5) is 14.9 Å². The van der Waals surface area contributed by atoms with Crippen LogP contribution in [0, 0.1) is 5.82 Å². The van der Waals surface area contributed by atoms with Crippen molar-refractivity contribution in [3.8, 4) is 0 Å². The molecule has 27 heavy (non-hydrogen) atoms. The number of amides is 3. The molecule has 0 aliphatic carbocycles. The van der Waals surface area contributed by atoms with E-state index < -0.39 is 18.0 Å². The summed E-state index contributed by atoms with van der Waals surface area (Å²) >= 11 is 0. The molecule has 0 radical (unpaired) electrons. The topological polar surface area (TPSA) is 87.7 Å². The first kappa shape index (κ1) is 19.1. The van der Waals surface area contributed by atoms with E-state index in [1.54, 1.807) is 6.07 Å². The van der Waals surface area contributed by atoms with Crippen LogP contribution in [0.15, 0.2) is 12.1 Å². The summed E-state index contributed by atoms with van der Waals surface area (Å²) in [5.74, 6) is -0.826. The fraction of sp³-hybridized carbons (Fsp3) is 0.526. The third-order valence-electron chi connectivity index (χ3n) is 5.00. The molecule has 8 heteroatoms. The molecule has 2 saturated heterocycles. The maximum Gasteiger partial charge on any atom is 0.414 e. The minimum Gasteiger partial charge on any atom is -0.442 e. The maximum atomic E-state index is 15.0. The van der Waals surface area contributed by atoms with Gasteiger partial charge in [-0.25, -0.2) is 9.18 Å². The predicted molar refractivity (Wildman–Crippen MR) is 97.1 cm³/mol. The van der Waals surface area contributed by atoms with Crippen molar-refractivity contribution >= 4 is 23.6 Å². The molecule has 2 fully saturated rings. The van der Waals surface area contributed by atoms with Gasteiger partial charge >= 0.3 is 6.09 Å². The van der Waals surface area contributed by atoms with Crippen molar-refractivity contribution in [2.45, 2.75) is 45.1 Å². The van der Waals surface area contributed by atoms with Crippen LogP contribution in [0.3, 0.4) is 0 Å². The van der Waals surface area contributed by atoms with E-state index in [9.17, 15) is 18.8 Å². The quantitative estimate of drug-likeness (QED) is 0.820. The van der Waals surface area contributed by atoms with Gasteiger partial charge in [-0.1, -0.05) is 6.92 Å². The average molecular weight is 377 g/mol. The van der Waals surface area contributed by atoms with Gasteiger partial charge in [0.2, 0.25) is 11.8 Å². The summed E-state index contributed by atoms with van der Waals surface area (Å²) in [6.45, 7) is 4.31. The standard InChI is InChI=1S/C19H24FN3O4/c1-3-12-6-14(23-10-15(27-19(23)26)9-22-11(2)24)8-16(20)18(12)13-4-5-21-17(25)7-13/h6,8,13,15H,3-5,7,9-10H2,1-2H3,(H,21,25)(H,22,24). The average Bonchev–Trinajstić information content (AvgIpc) is 3.00. The summed E-state index contributed by atoms with van der Waals surface area (Å²) < 4.78 is 20.2. The molecular weight excluding hydrogens is 353 g/mol. The summed E-state index contributed by atoms with van der Waals surface area (Å²) in [7, 11) is 0. The van der Waals surface area contributed by atoms with Crippen LogP contribution in [0.1, 0.15) is 43.7 Å². The van der Waals surface area contributed by atoms with Crippen molar-refractivity contribution in [3.63, 3.8) is 0 Å². The zero-order valence-electron chi connectivity index (χ0n) is 15.5. The second-order valence-electron chi connectivity index (χ2n) is 6.95. The highest BCUT2D eigenvalue weighted by molar-refractivity contribution is 5.90. The molecule has 1 aromatic carbocycles. The summed E-state index contributed by atoms with van der Waals surface area (Å²) in [5, 5.41) is 5.38. The van der Waals surface area contributed by atoms with Crippen molar-refractivity contribution in [3.05, 3.63) is 29.1 Å². The number of anilines is 1. The molecule has 7 nitrogen and oxygen atoms in total. The van der Waals surface area contributed by atoms with Crippen LogP contribution < -0.4 is 15.5 Å². The number of aryl methyl sites for hydroxylation is 1. The number of cyclic esters (lactones) is 1. The fourth-order valence-corrected chi connectivity index (χ4v) is 3.69. The minimum atomic E-state index is -0.559. The molecule has 3 amide bonds.